The number of aromatic nitrogens is 2. The number of nitrogens with zero attached hydrogens (tertiary/aromatic N) is 3. The normalized spacial score (nSPS) is 13.1. The summed E-state index contributed by atoms with van der Waals surface area (Å²) in [7, 11) is 1.54. The van der Waals surface area contributed by atoms with Crippen LogP contribution in [-0.2, 0) is 0 Å². The van der Waals surface area contributed by atoms with Crippen LogP contribution in [0, 0.1) is 0 Å². The summed E-state index contributed by atoms with van der Waals surface area (Å²) in [4.78, 5) is 14.8. The minimum Gasteiger partial charge on any atom is -0.493 e. The zero-order valence-corrected chi connectivity index (χ0v) is 13.8. The zero-order valence-electron chi connectivity index (χ0n) is 13.8. The number of fused-ring (bicyclic) bond motifs is 1. The molecular weight excluding hydrogens is 318 g/mol. The predicted molar refractivity (Wildman–Crippen MR) is 93.7 cm³/mol. The standard InChI is InChI=1S/C19H17N3O3/c1-24-17-13-22(14-7-3-2-4-8-14)20-18(17)19(23)21-11-12-25-16-10-6-5-9-15(16)21/h2-10,13H,11-12H2,1H3. The molecule has 1 aliphatic heterocycles. The van der Waals surface area contributed by atoms with E-state index < -0.39 is 0 Å². The van der Waals surface area contributed by atoms with Gasteiger partial charge in [-0.3, -0.25) is 9.69 Å². The van der Waals surface area contributed by atoms with Crippen LogP contribution >= 0.6 is 0 Å². The number of rotatable bonds is 3. The Kier molecular flexibility index (Phi) is 3.85. The summed E-state index contributed by atoms with van der Waals surface area (Å²) in [6.45, 7) is 0.918. The fraction of sp³-hybridized carbons (Fsp3) is 0.158. The molecule has 0 saturated carbocycles. The molecular formula is C19H17N3O3. The third-order valence-electron chi connectivity index (χ3n) is 4.10. The van der Waals surface area contributed by atoms with E-state index in [1.54, 1.807) is 15.8 Å². The Morgan fingerprint density at radius 1 is 1.12 bits per heavy atom. The number of para-hydroxylation sites is 3. The van der Waals surface area contributed by atoms with E-state index in [-0.39, 0.29) is 11.6 Å². The molecule has 0 radical (unpaired) electrons. The van der Waals surface area contributed by atoms with Crippen molar-refractivity contribution in [3.63, 3.8) is 0 Å². The first-order chi connectivity index (χ1) is 12.3. The van der Waals surface area contributed by atoms with Gasteiger partial charge in [0, 0.05) is 0 Å². The molecule has 1 aliphatic rings. The molecule has 0 fully saturated rings. The molecule has 1 amide bonds. The molecule has 6 nitrogen and oxygen atoms in total. The molecule has 4 rings (SSSR count). The first-order valence-corrected chi connectivity index (χ1v) is 8.00. The maximum atomic E-state index is 13.1. The van der Waals surface area contributed by atoms with Gasteiger partial charge in [-0.05, 0) is 24.3 Å². The van der Waals surface area contributed by atoms with E-state index in [0.29, 0.717) is 24.7 Å². The van der Waals surface area contributed by atoms with E-state index in [4.69, 9.17) is 9.47 Å². The molecule has 0 unspecified atom stereocenters. The highest BCUT2D eigenvalue weighted by molar-refractivity contribution is 6.07. The summed E-state index contributed by atoms with van der Waals surface area (Å²) in [5.74, 6) is 0.934. The lowest BCUT2D eigenvalue weighted by Crippen LogP contribution is -2.38. The van der Waals surface area contributed by atoms with Crippen LogP contribution in [0.2, 0.25) is 0 Å². The molecule has 6 heteroatoms. The van der Waals surface area contributed by atoms with Crippen molar-refractivity contribution in [2.24, 2.45) is 0 Å². The summed E-state index contributed by atoms with van der Waals surface area (Å²) < 4.78 is 12.7. The van der Waals surface area contributed by atoms with E-state index in [9.17, 15) is 4.79 Å². The summed E-state index contributed by atoms with van der Waals surface area (Å²) in [6, 6.07) is 17.1. The van der Waals surface area contributed by atoms with Crippen LogP contribution in [0.15, 0.2) is 60.8 Å². The van der Waals surface area contributed by atoms with Gasteiger partial charge in [-0.15, -0.1) is 0 Å². The van der Waals surface area contributed by atoms with Gasteiger partial charge in [0.05, 0.1) is 31.2 Å². The summed E-state index contributed by atoms with van der Waals surface area (Å²) in [6.07, 6.45) is 1.72. The van der Waals surface area contributed by atoms with Gasteiger partial charge >= 0.3 is 0 Å². The lowest BCUT2D eigenvalue weighted by atomic mass is 10.2. The number of hydrogen-bond donors (Lipinski definition) is 0. The molecule has 2 aromatic carbocycles. The number of hydrogen-bond acceptors (Lipinski definition) is 4. The highest BCUT2D eigenvalue weighted by Crippen LogP contribution is 2.33. The third kappa shape index (κ3) is 2.71. The first kappa shape index (κ1) is 15.3. The van der Waals surface area contributed by atoms with Crippen molar-refractivity contribution in [1.29, 1.82) is 0 Å². The lowest BCUT2D eigenvalue weighted by Gasteiger charge is -2.28. The van der Waals surface area contributed by atoms with E-state index in [0.717, 1.165) is 11.4 Å². The Morgan fingerprint density at radius 2 is 1.88 bits per heavy atom. The first-order valence-electron chi connectivity index (χ1n) is 8.00. The van der Waals surface area contributed by atoms with Crippen LogP contribution < -0.4 is 14.4 Å². The Hall–Kier alpha value is -3.28. The van der Waals surface area contributed by atoms with E-state index >= 15 is 0 Å². The predicted octanol–water partition coefficient (Wildman–Crippen LogP) is 2.92. The maximum Gasteiger partial charge on any atom is 0.282 e. The zero-order chi connectivity index (χ0) is 17.2. The average molecular weight is 335 g/mol. The van der Waals surface area contributed by atoms with Crippen LogP contribution in [0.3, 0.4) is 0 Å². The van der Waals surface area contributed by atoms with Crippen LogP contribution in [0.25, 0.3) is 5.69 Å². The molecule has 126 valence electrons. The molecule has 0 N–H and O–H groups in total. The number of ether oxygens (including phenoxy) is 2. The molecule has 2 heterocycles. The second-order valence-corrected chi connectivity index (χ2v) is 5.60. The third-order valence-corrected chi connectivity index (χ3v) is 4.10. The van der Waals surface area contributed by atoms with Gasteiger partial charge in [0.2, 0.25) is 0 Å². The van der Waals surface area contributed by atoms with Crippen LogP contribution in [0.1, 0.15) is 10.5 Å². The molecule has 3 aromatic rings. The average Bonchev–Trinajstić information content (AvgIpc) is 3.12. The van der Waals surface area contributed by atoms with Gasteiger partial charge in [0.1, 0.15) is 12.4 Å². The van der Waals surface area contributed by atoms with Crippen LogP contribution in [0.4, 0.5) is 5.69 Å². The van der Waals surface area contributed by atoms with Gasteiger partial charge in [0.25, 0.3) is 5.91 Å². The Morgan fingerprint density at radius 3 is 2.68 bits per heavy atom. The lowest BCUT2D eigenvalue weighted by molar-refractivity contribution is 0.0968. The molecule has 0 aliphatic carbocycles. The van der Waals surface area contributed by atoms with Gasteiger partial charge in [-0.2, -0.15) is 5.10 Å². The fourth-order valence-electron chi connectivity index (χ4n) is 2.88. The second-order valence-electron chi connectivity index (χ2n) is 5.60. The number of amides is 1. The largest absolute Gasteiger partial charge is 0.493 e. The molecule has 0 saturated heterocycles. The minimum atomic E-state index is -0.206. The van der Waals surface area contributed by atoms with Gasteiger partial charge in [0.15, 0.2) is 11.4 Å². The Balaban J connectivity index is 1.73. The fourth-order valence-corrected chi connectivity index (χ4v) is 2.88. The smallest absolute Gasteiger partial charge is 0.282 e. The van der Waals surface area contributed by atoms with Crippen LogP contribution in [-0.4, -0.2) is 35.9 Å². The van der Waals surface area contributed by atoms with E-state index in [2.05, 4.69) is 5.10 Å². The summed E-state index contributed by atoms with van der Waals surface area (Å²) in [5.41, 5.74) is 1.89. The van der Waals surface area contributed by atoms with Crippen molar-refractivity contribution in [1.82, 2.24) is 9.78 Å². The molecule has 0 bridgehead atoms. The Labute approximate surface area is 145 Å². The number of carbonyl (C=O) groups is 1. The summed E-state index contributed by atoms with van der Waals surface area (Å²) in [5, 5.41) is 4.46. The Bertz CT molecular complexity index is 905. The van der Waals surface area contributed by atoms with E-state index in [1.807, 2.05) is 54.6 Å². The maximum absolute atomic E-state index is 13.1. The van der Waals surface area contributed by atoms with Crippen LogP contribution in [0.5, 0.6) is 11.5 Å². The molecule has 0 atom stereocenters. The quantitative estimate of drug-likeness (QED) is 0.738. The number of benzene rings is 2. The van der Waals surface area contributed by atoms with Crippen molar-refractivity contribution in [2.45, 2.75) is 0 Å². The SMILES string of the molecule is COc1cn(-c2ccccc2)nc1C(=O)N1CCOc2ccccc21. The monoisotopic (exact) mass is 335 g/mol. The highest BCUT2D eigenvalue weighted by Gasteiger charge is 2.29. The number of carbonyl (C=O) groups excluding carboxylic acids is 1. The van der Waals surface area contributed by atoms with Crippen molar-refractivity contribution < 1.29 is 14.3 Å². The van der Waals surface area contributed by atoms with E-state index in [1.165, 1.54) is 7.11 Å². The van der Waals surface area contributed by atoms with Crippen molar-refractivity contribution >= 4 is 11.6 Å². The van der Waals surface area contributed by atoms with Gasteiger partial charge < -0.3 is 9.47 Å². The van der Waals surface area contributed by atoms with Gasteiger partial charge in [-0.25, -0.2) is 4.68 Å². The van der Waals surface area contributed by atoms with Crippen molar-refractivity contribution in [3.05, 3.63) is 66.5 Å². The topological polar surface area (TPSA) is 56.6 Å². The number of anilines is 1. The van der Waals surface area contributed by atoms with Crippen molar-refractivity contribution in [2.75, 3.05) is 25.2 Å². The number of methoxy groups -OCH3 is 1. The second kappa shape index (κ2) is 6.32. The molecule has 0 spiro atoms. The van der Waals surface area contributed by atoms with Crippen molar-refractivity contribution in [3.8, 4) is 17.2 Å². The molecule has 25 heavy (non-hydrogen) atoms. The molecule has 1 aromatic heterocycles. The minimum absolute atomic E-state index is 0.206. The summed E-state index contributed by atoms with van der Waals surface area (Å²) >= 11 is 0. The highest BCUT2D eigenvalue weighted by atomic mass is 16.5. The van der Waals surface area contributed by atoms with Gasteiger partial charge in [-0.1, -0.05) is 30.3 Å².